The molecule has 2 amide bonds. The van der Waals surface area contributed by atoms with Gasteiger partial charge in [-0.25, -0.2) is 9.78 Å². The number of nitrogens with zero attached hydrogens (tertiary/aromatic N) is 2. The van der Waals surface area contributed by atoms with Crippen molar-refractivity contribution in [2.45, 2.75) is 59.1 Å². The number of thiazole rings is 1. The lowest BCUT2D eigenvalue weighted by atomic mass is 10.1. The predicted octanol–water partition coefficient (Wildman–Crippen LogP) is 5.56. The van der Waals surface area contributed by atoms with Crippen LogP contribution in [0.1, 0.15) is 59.4 Å². The van der Waals surface area contributed by atoms with Crippen LogP contribution in [0.15, 0.2) is 42.5 Å². The maximum absolute atomic E-state index is 12.9. The fourth-order valence-corrected chi connectivity index (χ4v) is 5.42. The van der Waals surface area contributed by atoms with Gasteiger partial charge in [-0.1, -0.05) is 18.2 Å². The average molecular weight is 637 g/mol. The number of likely N-dealkylation sites (N-methyl/N-ethyl adjacent to an activating group) is 1. The molecule has 45 heavy (non-hydrogen) atoms. The number of ether oxygens (including phenoxy) is 3. The third kappa shape index (κ3) is 10.9. The largest absolute Gasteiger partial charge is 0.491 e. The van der Waals surface area contributed by atoms with Crippen molar-refractivity contribution in [1.82, 2.24) is 15.6 Å². The van der Waals surface area contributed by atoms with Crippen LogP contribution in [0.4, 0.5) is 10.5 Å². The summed E-state index contributed by atoms with van der Waals surface area (Å²) in [5.74, 6) is 0.951. The van der Waals surface area contributed by atoms with Crippen LogP contribution >= 0.6 is 11.3 Å². The van der Waals surface area contributed by atoms with E-state index in [0.29, 0.717) is 49.6 Å². The van der Waals surface area contributed by atoms with E-state index in [9.17, 15) is 14.4 Å². The summed E-state index contributed by atoms with van der Waals surface area (Å²) in [5, 5.41) is 6.07. The van der Waals surface area contributed by atoms with Crippen molar-refractivity contribution in [3.63, 3.8) is 0 Å². The third-order valence-electron chi connectivity index (χ3n) is 7.05. The number of aryl methyl sites for hydroxylation is 1. The molecule has 242 valence electrons. The molecule has 5 rings (SSSR count). The number of hydrogen-bond acceptors (Lipinski definition) is 9. The van der Waals surface area contributed by atoms with Gasteiger partial charge in [0.05, 0.1) is 18.9 Å². The maximum Gasteiger partial charge on any atom is 0.407 e. The van der Waals surface area contributed by atoms with Gasteiger partial charge in [-0.2, -0.15) is 0 Å². The zero-order valence-electron chi connectivity index (χ0n) is 26.8. The first-order chi connectivity index (χ1) is 21.5. The number of rotatable bonds is 12. The highest BCUT2D eigenvalue weighted by Gasteiger charge is 2.20. The van der Waals surface area contributed by atoms with Crippen LogP contribution in [0.3, 0.4) is 0 Å². The highest BCUT2D eigenvalue weighted by atomic mass is 32.1. The molecule has 1 aromatic heterocycles. The Labute approximate surface area is 269 Å². The first kappa shape index (κ1) is 33.9. The molecule has 1 aliphatic heterocycles. The van der Waals surface area contributed by atoms with Crippen LogP contribution in [-0.4, -0.2) is 68.8 Å². The highest BCUT2D eigenvalue weighted by Crippen LogP contribution is 2.34. The van der Waals surface area contributed by atoms with Crippen molar-refractivity contribution >= 4 is 35.3 Å². The SMILES string of the molecule is Cc1sc(C(=O)NCc2cccc(OCCOCCNC(=O)OC(C)(C)C)c2)nc1-c1ccc2c(c1)CCN2C.O=CC1CC1. The number of anilines is 1. The quantitative estimate of drug-likeness (QED) is 0.196. The Balaban J connectivity index is 0.000000838. The van der Waals surface area contributed by atoms with E-state index in [0.717, 1.165) is 53.8 Å². The maximum atomic E-state index is 12.9. The monoisotopic (exact) mass is 636 g/mol. The van der Waals surface area contributed by atoms with E-state index in [1.807, 2.05) is 52.0 Å². The molecule has 2 aliphatic rings. The zero-order chi connectivity index (χ0) is 32.4. The van der Waals surface area contributed by atoms with Gasteiger partial charge >= 0.3 is 6.09 Å². The first-order valence-electron chi connectivity index (χ1n) is 15.3. The number of nitrogens with one attached hydrogen (secondary N) is 2. The fraction of sp³-hybridized carbons (Fsp3) is 0.471. The third-order valence-corrected chi connectivity index (χ3v) is 8.02. The van der Waals surface area contributed by atoms with E-state index in [1.54, 1.807) is 0 Å². The second-order valence-electron chi connectivity index (χ2n) is 12.1. The van der Waals surface area contributed by atoms with Gasteiger partial charge in [0, 0.05) is 48.7 Å². The zero-order valence-corrected chi connectivity index (χ0v) is 27.6. The van der Waals surface area contributed by atoms with Crippen LogP contribution in [-0.2, 0) is 27.2 Å². The Hall–Kier alpha value is -3.96. The Morgan fingerprint density at radius 1 is 1.09 bits per heavy atom. The molecule has 1 saturated carbocycles. The molecule has 11 heteroatoms. The molecule has 0 bridgehead atoms. The van der Waals surface area contributed by atoms with Crippen molar-refractivity contribution < 1.29 is 28.6 Å². The first-order valence-corrected chi connectivity index (χ1v) is 16.2. The minimum atomic E-state index is -0.528. The molecule has 0 saturated heterocycles. The molecule has 0 atom stereocenters. The van der Waals surface area contributed by atoms with Crippen LogP contribution in [0, 0.1) is 12.8 Å². The number of benzene rings is 2. The average Bonchev–Trinajstić information content (AvgIpc) is 3.67. The Bertz CT molecular complexity index is 1460. The van der Waals surface area contributed by atoms with Gasteiger partial charge in [0.2, 0.25) is 0 Å². The number of alkyl carbamates (subject to hydrolysis) is 1. The summed E-state index contributed by atoms with van der Waals surface area (Å²) in [6, 6.07) is 14.0. The minimum absolute atomic E-state index is 0.194. The molecular formula is C34H44N4O6S. The van der Waals surface area contributed by atoms with Gasteiger partial charge in [-0.15, -0.1) is 11.3 Å². The van der Waals surface area contributed by atoms with E-state index in [-0.39, 0.29) is 5.91 Å². The number of carbonyl (C=O) groups is 3. The summed E-state index contributed by atoms with van der Waals surface area (Å²) in [6.07, 6.45) is 3.88. The minimum Gasteiger partial charge on any atom is -0.491 e. The van der Waals surface area contributed by atoms with Crippen LogP contribution in [0.5, 0.6) is 5.75 Å². The van der Waals surface area contributed by atoms with Gasteiger partial charge in [-0.05, 0) is 82.3 Å². The van der Waals surface area contributed by atoms with Crippen LogP contribution in [0.25, 0.3) is 11.3 Å². The van der Waals surface area contributed by atoms with Crippen molar-refractivity contribution in [2.75, 3.05) is 44.9 Å². The van der Waals surface area contributed by atoms with E-state index >= 15 is 0 Å². The molecule has 0 unspecified atom stereocenters. The molecule has 3 aromatic rings. The Kier molecular flexibility index (Phi) is 12.0. The van der Waals surface area contributed by atoms with Gasteiger partial charge in [0.1, 0.15) is 24.2 Å². The standard InChI is InChI=1S/C30H38N4O5S.C4H6O/c1-20-26(23-9-10-25-22(18-23)11-13-34(25)5)33-28(40-20)27(35)32-19-21-7-6-8-24(17-21)38-16-15-37-14-12-31-29(36)39-30(2,3)4;5-3-4-1-2-4/h6-10,17-18H,11-16,19H2,1-5H3,(H,31,36)(H,32,35);3-4H,1-2H2. The Morgan fingerprint density at radius 3 is 2.60 bits per heavy atom. The van der Waals surface area contributed by atoms with Gasteiger partial charge in [0.25, 0.3) is 5.91 Å². The van der Waals surface area contributed by atoms with Gasteiger partial charge in [-0.3, -0.25) is 4.79 Å². The molecule has 10 nitrogen and oxygen atoms in total. The van der Waals surface area contributed by atoms with Crippen molar-refractivity contribution in [3.8, 4) is 17.0 Å². The van der Waals surface area contributed by atoms with E-state index in [1.165, 1.54) is 22.6 Å². The van der Waals surface area contributed by atoms with Crippen molar-refractivity contribution in [2.24, 2.45) is 5.92 Å². The number of aldehydes is 1. The predicted molar refractivity (Wildman–Crippen MR) is 176 cm³/mol. The van der Waals surface area contributed by atoms with Crippen molar-refractivity contribution in [1.29, 1.82) is 0 Å². The van der Waals surface area contributed by atoms with Crippen LogP contribution < -0.4 is 20.3 Å². The second-order valence-corrected chi connectivity index (χ2v) is 13.3. The molecule has 2 aromatic carbocycles. The number of amides is 2. The fourth-order valence-electron chi connectivity index (χ4n) is 4.57. The smallest absolute Gasteiger partial charge is 0.407 e. The molecule has 1 aliphatic carbocycles. The summed E-state index contributed by atoms with van der Waals surface area (Å²) >= 11 is 1.41. The molecular weight excluding hydrogens is 592 g/mol. The summed E-state index contributed by atoms with van der Waals surface area (Å²) in [7, 11) is 2.11. The summed E-state index contributed by atoms with van der Waals surface area (Å²) in [4.78, 5) is 42.0. The Morgan fingerprint density at radius 2 is 1.89 bits per heavy atom. The molecule has 1 fully saturated rings. The normalized spacial score (nSPS) is 13.8. The number of aromatic nitrogens is 1. The van der Waals surface area contributed by atoms with Gasteiger partial charge in [0.15, 0.2) is 5.01 Å². The molecule has 0 radical (unpaired) electrons. The lowest BCUT2D eigenvalue weighted by Crippen LogP contribution is -2.34. The number of fused-ring (bicyclic) bond motifs is 1. The number of carbonyl (C=O) groups excluding carboxylic acids is 3. The number of hydrogen-bond donors (Lipinski definition) is 2. The summed E-state index contributed by atoms with van der Waals surface area (Å²) < 4.78 is 16.5. The van der Waals surface area contributed by atoms with Gasteiger partial charge < -0.3 is 34.5 Å². The van der Waals surface area contributed by atoms with E-state index in [4.69, 9.17) is 14.2 Å². The lowest BCUT2D eigenvalue weighted by Gasteiger charge is -2.19. The van der Waals surface area contributed by atoms with Crippen molar-refractivity contribution in [3.05, 3.63) is 63.5 Å². The highest BCUT2D eigenvalue weighted by molar-refractivity contribution is 7.14. The summed E-state index contributed by atoms with van der Waals surface area (Å²) in [6.45, 7) is 10.3. The molecule has 2 N–H and O–H groups in total. The molecule has 2 heterocycles. The van der Waals surface area contributed by atoms with E-state index < -0.39 is 11.7 Å². The summed E-state index contributed by atoms with van der Waals surface area (Å²) in [5.41, 5.74) is 4.90. The lowest BCUT2D eigenvalue weighted by molar-refractivity contribution is -0.108. The topological polar surface area (TPSA) is 119 Å². The van der Waals surface area contributed by atoms with E-state index in [2.05, 4.69) is 45.8 Å². The molecule has 0 spiro atoms. The second kappa shape index (κ2) is 15.9. The van der Waals surface area contributed by atoms with Crippen LogP contribution in [0.2, 0.25) is 0 Å².